The molecule has 0 amide bonds. The lowest BCUT2D eigenvalue weighted by atomic mass is 10.2. The first-order chi connectivity index (χ1) is 9.54. The van der Waals surface area contributed by atoms with E-state index >= 15 is 0 Å². The summed E-state index contributed by atoms with van der Waals surface area (Å²) in [4.78, 5) is 2.04. The predicted octanol–water partition coefficient (Wildman–Crippen LogP) is 2.38. The summed E-state index contributed by atoms with van der Waals surface area (Å²) in [5.74, 6) is 0.574. The van der Waals surface area contributed by atoms with E-state index in [1.165, 1.54) is 0 Å². The fraction of sp³-hybridized carbons (Fsp3) is 0.429. The first kappa shape index (κ1) is 14.3. The molecule has 0 fully saturated rings. The highest BCUT2D eigenvalue weighted by Gasteiger charge is 2.07. The Bertz CT molecular complexity index is 550. The molecule has 6 heteroatoms. The fourth-order valence-electron chi connectivity index (χ4n) is 1.65. The standard InChI is InChI=1S/C14H21N5O/c1-10(2)15-9-13-17-18-14(20-13)16-11-6-5-7-12(8-11)19(3)4/h5-8,10,15H,9H2,1-4H3,(H,16,18). The lowest BCUT2D eigenvalue weighted by molar-refractivity contribution is 0.460. The largest absolute Gasteiger partial charge is 0.406 e. The van der Waals surface area contributed by atoms with E-state index in [0.717, 1.165) is 11.4 Å². The first-order valence-electron chi connectivity index (χ1n) is 6.65. The molecule has 0 aliphatic carbocycles. The number of hydrogen-bond acceptors (Lipinski definition) is 6. The lowest BCUT2D eigenvalue weighted by Gasteiger charge is -2.13. The van der Waals surface area contributed by atoms with Crippen molar-refractivity contribution in [3.05, 3.63) is 30.2 Å². The Morgan fingerprint density at radius 2 is 2.05 bits per heavy atom. The van der Waals surface area contributed by atoms with Crippen LogP contribution in [0.1, 0.15) is 19.7 Å². The lowest BCUT2D eigenvalue weighted by Crippen LogP contribution is -2.21. The number of aromatic nitrogens is 2. The summed E-state index contributed by atoms with van der Waals surface area (Å²) >= 11 is 0. The van der Waals surface area contributed by atoms with E-state index in [4.69, 9.17) is 4.42 Å². The summed E-state index contributed by atoms with van der Waals surface area (Å²) in [5, 5.41) is 14.3. The third-order valence-electron chi connectivity index (χ3n) is 2.74. The number of benzene rings is 1. The maximum atomic E-state index is 5.53. The van der Waals surface area contributed by atoms with Gasteiger partial charge in [0.15, 0.2) is 0 Å². The Balaban J connectivity index is 2.01. The molecule has 0 atom stereocenters. The quantitative estimate of drug-likeness (QED) is 0.843. The molecule has 0 saturated carbocycles. The van der Waals surface area contributed by atoms with Gasteiger partial charge in [-0.15, -0.1) is 5.10 Å². The number of nitrogens with zero attached hydrogens (tertiary/aromatic N) is 3. The molecule has 1 aromatic heterocycles. The average molecular weight is 275 g/mol. The minimum Gasteiger partial charge on any atom is -0.406 e. The van der Waals surface area contributed by atoms with Crippen LogP contribution in [0.2, 0.25) is 0 Å². The predicted molar refractivity (Wildman–Crippen MR) is 80.3 cm³/mol. The van der Waals surface area contributed by atoms with Crippen LogP contribution in [0.5, 0.6) is 0 Å². The zero-order chi connectivity index (χ0) is 14.5. The number of nitrogens with one attached hydrogen (secondary N) is 2. The topological polar surface area (TPSA) is 66.2 Å². The molecular weight excluding hydrogens is 254 g/mol. The summed E-state index contributed by atoms with van der Waals surface area (Å²) < 4.78 is 5.53. The van der Waals surface area contributed by atoms with Gasteiger partial charge in [-0.25, -0.2) is 0 Å². The SMILES string of the molecule is CC(C)NCc1nnc(Nc2cccc(N(C)C)c2)o1. The molecule has 108 valence electrons. The minimum absolute atomic E-state index is 0.384. The summed E-state index contributed by atoms with van der Waals surface area (Å²) in [5.41, 5.74) is 2.03. The van der Waals surface area contributed by atoms with Gasteiger partial charge in [-0.3, -0.25) is 0 Å². The van der Waals surface area contributed by atoms with Crippen LogP contribution < -0.4 is 15.5 Å². The molecule has 2 N–H and O–H groups in total. The summed E-state index contributed by atoms with van der Waals surface area (Å²) in [6, 6.07) is 8.79. The molecule has 6 nitrogen and oxygen atoms in total. The highest BCUT2D eigenvalue weighted by atomic mass is 16.4. The van der Waals surface area contributed by atoms with Gasteiger partial charge in [0.05, 0.1) is 6.54 Å². The van der Waals surface area contributed by atoms with Crippen molar-refractivity contribution in [2.45, 2.75) is 26.4 Å². The molecule has 2 rings (SSSR count). The molecule has 0 spiro atoms. The van der Waals surface area contributed by atoms with Crippen LogP contribution in [0.15, 0.2) is 28.7 Å². The molecule has 0 saturated heterocycles. The van der Waals surface area contributed by atoms with Crippen molar-refractivity contribution in [3.8, 4) is 0 Å². The van der Waals surface area contributed by atoms with Crippen LogP contribution in [-0.4, -0.2) is 30.3 Å². The summed E-state index contributed by atoms with van der Waals surface area (Å²) in [7, 11) is 4.00. The number of rotatable bonds is 6. The Labute approximate surface area is 119 Å². The minimum atomic E-state index is 0.384. The van der Waals surface area contributed by atoms with E-state index in [2.05, 4.69) is 34.7 Å². The van der Waals surface area contributed by atoms with Crippen molar-refractivity contribution in [3.63, 3.8) is 0 Å². The monoisotopic (exact) mass is 275 g/mol. The molecule has 1 heterocycles. The van der Waals surface area contributed by atoms with E-state index in [0.29, 0.717) is 24.5 Å². The van der Waals surface area contributed by atoms with Crippen molar-refractivity contribution >= 4 is 17.4 Å². The summed E-state index contributed by atoms with van der Waals surface area (Å²) in [6.07, 6.45) is 0. The number of anilines is 3. The van der Waals surface area contributed by atoms with Crippen LogP contribution in [0, 0.1) is 0 Å². The van der Waals surface area contributed by atoms with E-state index in [9.17, 15) is 0 Å². The molecule has 0 radical (unpaired) electrons. The number of hydrogen-bond donors (Lipinski definition) is 2. The van der Waals surface area contributed by atoms with Gasteiger partial charge >= 0.3 is 6.01 Å². The highest BCUT2D eigenvalue weighted by Crippen LogP contribution is 2.20. The molecule has 20 heavy (non-hydrogen) atoms. The van der Waals surface area contributed by atoms with Crippen LogP contribution >= 0.6 is 0 Å². The van der Waals surface area contributed by atoms with E-state index in [1.807, 2.05) is 43.3 Å². The van der Waals surface area contributed by atoms with E-state index in [1.54, 1.807) is 0 Å². The van der Waals surface area contributed by atoms with Crippen LogP contribution in [0.3, 0.4) is 0 Å². The third-order valence-corrected chi connectivity index (χ3v) is 2.74. The maximum Gasteiger partial charge on any atom is 0.320 e. The zero-order valence-corrected chi connectivity index (χ0v) is 12.3. The molecule has 0 aliphatic rings. The first-order valence-corrected chi connectivity index (χ1v) is 6.65. The van der Waals surface area contributed by atoms with Crippen molar-refractivity contribution in [2.75, 3.05) is 24.3 Å². The highest BCUT2D eigenvalue weighted by molar-refractivity contribution is 5.60. The van der Waals surface area contributed by atoms with Gasteiger partial charge in [-0.05, 0) is 18.2 Å². The second kappa shape index (κ2) is 6.38. The summed E-state index contributed by atoms with van der Waals surface area (Å²) in [6.45, 7) is 4.72. The van der Waals surface area contributed by atoms with Gasteiger partial charge < -0.3 is 20.0 Å². The Kier molecular flexibility index (Phi) is 4.57. The van der Waals surface area contributed by atoms with Gasteiger partial charge in [0.2, 0.25) is 5.89 Å². The average Bonchev–Trinajstić information content (AvgIpc) is 2.84. The van der Waals surface area contributed by atoms with Crippen LogP contribution in [0.4, 0.5) is 17.4 Å². The van der Waals surface area contributed by atoms with Crippen LogP contribution in [0.25, 0.3) is 0 Å². The van der Waals surface area contributed by atoms with Crippen molar-refractivity contribution < 1.29 is 4.42 Å². The van der Waals surface area contributed by atoms with Crippen molar-refractivity contribution in [1.29, 1.82) is 0 Å². The smallest absolute Gasteiger partial charge is 0.320 e. The van der Waals surface area contributed by atoms with Crippen molar-refractivity contribution in [2.24, 2.45) is 0 Å². The van der Waals surface area contributed by atoms with E-state index in [-0.39, 0.29) is 0 Å². The Hall–Kier alpha value is -2.08. The van der Waals surface area contributed by atoms with Crippen LogP contribution in [-0.2, 0) is 6.54 Å². The molecule has 0 unspecified atom stereocenters. The Morgan fingerprint density at radius 3 is 2.75 bits per heavy atom. The van der Waals surface area contributed by atoms with Gasteiger partial charge in [0.1, 0.15) is 0 Å². The second-order valence-electron chi connectivity index (χ2n) is 5.11. The van der Waals surface area contributed by atoms with Gasteiger partial charge in [0.25, 0.3) is 0 Å². The van der Waals surface area contributed by atoms with Crippen molar-refractivity contribution in [1.82, 2.24) is 15.5 Å². The molecule has 0 aliphatic heterocycles. The van der Waals surface area contributed by atoms with Gasteiger partial charge in [0, 0.05) is 31.5 Å². The molecule has 2 aromatic rings. The third kappa shape index (κ3) is 3.96. The fourth-order valence-corrected chi connectivity index (χ4v) is 1.65. The van der Waals surface area contributed by atoms with Gasteiger partial charge in [-0.2, -0.15) is 0 Å². The molecule has 0 bridgehead atoms. The Morgan fingerprint density at radius 1 is 1.25 bits per heavy atom. The van der Waals surface area contributed by atoms with Gasteiger partial charge in [-0.1, -0.05) is 25.0 Å². The zero-order valence-electron chi connectivity index (χ0n) is 12.3. The van der Waals surface area contributed by atoms with E-state index < -0.39 is 0 Å². The molecular formula is C14H21N5O. The normalized spacial score (nSPS) is 10.8. The second-order valence-corrected chi connectivity index (χ2v) is 5.11. The maximum absolute atomic E-state index is 5.53. The molecule has 1 aromatic carbocycles.